The number of benzene rings is 1. The normalized spacial score (nSPS) is 13.9. The summed E-state index contributed by atoms with van der Waals surface area (Å²) in [6, 6.07) is 10.0. The summed E-state index contributed by atoms with van der Waals surface area (Å²) in [6.07, 6.45) is 6.40. The maximum absolute atomic E-state index is 15.2. The summed E-state index contributed by atoms with van der Waals surface area (Å²) in [4.78, 5) is 17.2. The number of fused-ring (bicyclic) bond motifs is 2. The average Bonchev–Trinajstić information content (AvgIpc) is 3.37. The number of rotatable bonds is 6. The van der Waals surface area contributed by atoms with Gasteiger partial charge < -0.3 is 20.1 Å². The second-order valence-corrected chi connectivity index (χ2v) is 8.58. The zero-order valence-electron chi connectivity index (χ0n) is 19.3. The van der Waals surface area contributed by atoms with Crippen LogP contribution in [0.1, 0.15) is 12.8 Å². The van der Waals surface area contributed by atoms with Crippen LogP contribution in [0.5, 0.6) is 17.4 Å². The van der Waals surface area contributed by atoms with Crippen molar-refractivity contribution in [2.45, 2.75) is 18.9 Å². The first-order valence-corrected chi connectivity index (χ1v) is 11.7. The van der Waals surface area contributed by atoms with Crippen molar-refractivity contribution < 1.29 is 13.9 Å². The predicted molar refractivity (Wildman–Crippen MR) is 139 cm³/mol. The van der Waals surface area contributed by atoms with Crippen LogP contribution in [0.3, 0.4) is 0 Å². The largest absolute Gasteiger partial charge is 0.474 e. The summed E-state index contributed by atoms with van der Waals surface area (Å²) in [5, 5.41) is 10.1. The number of hydrogen-bond acceptors (Lipinski definition) is 9. The van der Waals surface area contributed by atoms with Crippen molar-refractivity contribution in [3.8, 4) is 17.4 Å². The molecule has 0 saturated carbocycles. The van der Waals surface area contributed by atoms with E-state index in [4.69, 9.17) is 21.1 Å². The Bertz CT molecular complexity index is 1560. The fourth-order valence-corrected chi connectivity index (χ4v) is 4.19. The summed E-state index contributed by atoms with van der Waals surface area (Å²) in [5.74, 6) is 0.721. The molecule has 0 radical (unpaired) electrons. The summed E-state index contributed by atoms with van der Waals surface area (Å²) in [7, 11) is 0. The SMILES string of the molecule is Cl.Fc1c(Nc2ncnc3ccc(OC4CCNCC4)nc23)ccc(Oc2ccn3ncnc3c2)c1Cl. The summed E-state index contributed by atoms with van der Waals surface area (Å²) < 4.78 is 28.7. The van der Waals surface area contributed by atoms with Gasteiger partial charge in [0.05, 0.1) is 11.2 Å². The second-order valence-electron chi connectivity index (χ2n) is 8.20. The van der Waals surface area contributed by atoms with Gasteiger partial charge in [-0.3, -0.25) is 0 Å². The standard InChI is InChI=1S/C24H20ClFN8O2.ClH/c25-21-18(35-15-7-10-34-19(11-15)29-13-31-34)3-1-16(22(21)26)32-24-23-17(28-12-30-24)2-4-20(33-23)36-14-5-8-27-9-6-14;/h1-4,7,10-14,27H,5-6,8-9H2,(H,28,30,32);1H. The summed E-state index contributed by atoms with van der Waals surface area (Å²) in [5.41, 5.74) is 1.77. The highest BCUT2D eigenvalue weighted by atomic mass is 35.5. The van der Waals surface area contributed by atoms with Crippen molar-refractivity contribution in [2.24, 2.45) is 0 Å². The first kappa shape index (κ1) is 24.9. The zero-order valence-corrected chi connectivity index (χ0v) is 20.8. The monoisotopic (exact) mass is 542 g/mol. The minimum atomic E-state index is -0.688. The first-order chi connectivity index (χ1) is 17.6. The number of piperidine rings is 1. The Balaban J connectivity index is 0.00000280. The molecule has 1 aliphatic rings. The molecule has 10 nitrogen and oxygen atoms in total. The van der Waals surface area contributed by atoms with Crippen LogP contribution < -0.4 is 20.1 Å². The van der Waals surface area contributed by atoms with Gasteiger partial charge in [-0.1, -0.05) is 11.6 Å². The van der Waals surface area contributed by atoms with E-state index in [9.17, 15) is 0 Å². The molecule has 0 amide bonds. The minimum Gasteiger partial charge on any atom is -0.474 e. The van der Waals surface area contributed by atoms with E-state index in [0.717, 1.165) is 25.9 Å². The van der Waals surface area contributed by atoms with Crippen LogP contribution in [0.4, 0.5) is 15.9 Å². The number of halogens is 3. The zero-order chi connectivity index (χ0) is 24.5. The quantitative estimate of drug-likeness (QED) is 0.307. The van der Waals surface area contributed by atoms with E-state index in [0.29, 0.717) is 34.1 Å². The van der Waals surface area contributed by atoms with Crippen LogP contribution in [0, 0.1) is 5.82 Å². The number of anilines is 2. The van der Waals surface area contributed by atoms with Crippen molar-refractivity contribution in [2.75, 3.05) is 18.4 Å². The van der Waals surface area contributed by atoms with Gasteiger partial charge in [0.2, 0.25) is 5.88 Å². The molecule has 13 heteroatoms. The molecule has 1 saturated heterocycles. The third-order valence-electron chi connectivity index (χ3n) is 5.81. The van der Waals surface area contributed by atoms with Gasteiger partial charge in [0.1, 0.15) is 40.8 Å². The highest BCUT2D eigenvalue weighted by Gasteiger charge is 2.18. The van der Waals surface area contributed by atoms with E-state index in [1.165, 1.54) is 18.7 Å². The molecule has 4 aromatic heterocycles. The molecule has 1 aromatic carbocycles. The number of ether oxygens (including phenoxy) is 2. The molecule has 0 spiro atoms. The highest BCUT2D eigenvalue weighted by Crippen LogP contribution is 2.36. The van der Waals surface area contributed by atoms with Crippen molar-refractivity contribution >= 4 is 52.2 Å². The van der Waals surface area contributed by atoms with Gasteiger partial charge in [-0.05, 0) is 50.2 Å². The molecule has 0 unspecified atom stereocenters. The number of nitrogens with zero attached hydrogens (tertiary/aromatic N) is 6. The van der Waals surface area contributed by atoms with Crippen LogP contribution in [0.2, 0.25) is 5.02 Å². The molecule has 0 atom stereocenters. The van der Waals surface area contributed by atoms with E-state index < -0.39 is 5.82 Å². The maximum atomic E-state index is 15.2. The van der Waals surface area contributed by atoms with Crippen LogP contribution in [-0.4, -0.2) is 48.7 Å². The van der Waals surface area contributed by atoms with Gasteiger partial charge in [-0.15, -0.1) is 12.4 Å². The molecule has 0 bridgehead atoms. The lowest BCUT2D eigenvalue weighted by Gasteiger charge is -2.23. The van der Waals surface area contributed by atoms with Crippen molar-refractivity contribution in [3.05, 3.63) is 66.1 Å². The molecular formula is C24H21Cl2FN8O2. The molecule has 5 heterocycles. The third-order valence-corrected chi connectivity index (χ3v) is 6.16. The lowest BCUT2D eigenvalue weighted by Crippen LogP contribution is -2.34. The molecule has 190 valence electrons. The van der Waals surface area contributed by atoms with Gasteiger partial charge >= 0.3 is 0 Å². The summed E-state index contributed by atoms with van der Waals surface area (Å²) >= 11 is 6.32. The number of aromatic nitrogens is 6. The lowest BCUT2D eigenvalue weighted by atomic mass is 10.1. The molecule has 37 heavy (non-hydrogen) atoms. The highest BCUT2D eigenvalue weighted by molar-refractivity contribution is 6.32. The number of pyridine rings is 2. The Morgan fingerprint density at radius 3 is 2.78 bits per heavy atom. The Hall–Kier alpha value is -3.80. The number of hydrogen-bond donors (Lipinski definition) is 2. The van der Waals surface area contributed by atoms with Gasteiger partial charge in [-0.25, -0.2) is 28.8 Å². The Kier molecular flexibility index (Phi) is 7.17. The molecule has 5 aromatic rings. The van der Waals surface area contributed by atoms with Crippen LogP contribution >= 0.6 is 24.0 Å². The van der Waals surface area contributed by atoms with Gasteiger partial charge in [0.15, 0.2) is 17.3 Å². The Morgan fingerprint density at radius 1 is 1.05 bits per heavy atom. The fourth-order valence-electron chi connectivity index (χ4n) is 3.99. The van der Waals surface area contributed by atoms with Crippen LogP contribution in [0.15, 0.2) is 55.2 Å². The topological polar surface area (TPSA) is 111 Å². The van der Waals surface area contributed by atoms with E-state index in [2.05, 4.69) is 35.7 Å². The number of nitrogens with one attached hydrogen (secondary N) is 2. The van der Waals surface area contributed by atoms with Gasteiger partial charge in [-0.2, -0.15) is 5.10 Å². The van der Waals surface area contributed by atoms with Crippen molar-refractivity contribution in [1.29, 1.82) is 0 Å². The van der Waals surface area contributed by atoms with Gasteiger partial charge in [0, 0.05) is 18.3 Å². The van der Waals surface area contributed by atoms with Crippen molar-refractivity contribution in [1.82, 2.24) is 34.9 Å². The fraction of sp³-hybridized carbons (Fsp3) is 0.208. The lowest BCUT2D eigenvalue weighted by molar-refractivity contribution is 0.156. The first-order valence-electron chi connectivity index (χ1n) is 11.4. The molecule has 1 aliphatic heterocycles. The summed E-state index contributed by atoms with van der Waals surface area (Å²) in [6.45, 7) is 1.81. The molecule has 2 N–H and O–H groups in total. The van der Waals surface area contributed by atoms with E-state index in [-0.39, 0.29) is 35.0 Å². The molecule has 0 aliphatic carbocycles. The van der Waals surface area contributed by atoms with Crippen LogP contribution in [0.25, 0.3) is 16.7 Å². The van der Waals surface area contributed by atoms with E-state index in [1.807, 2.05) is 0 Å². The maximum Gasteiger partial charge on any atom is 0.214 e. The van der Waals surface area contributed by atoms with Gasteiger partial charge in [0.25, 0.3) is 0 Å². The average molecular weight is 543 g/mol. The second kappa shape index (κ2) is 10.7. The van der Waals surface area contributed by atoms with E-state index >= 15 is 4.39 Å². The van der Waals surface area contributed by atoms with Crippen LogP contribution in [-0.2, 0) is 0 Å². The Labute approximate surface area is 221 Å². The molecule has 6 rings (SSSR count). The smallest absolute Gasteiger partial charge is 0.214 e. The van der Waals surface area contributed by atoms with E-state index in [1.54, 1.807) is 41.0 Å². The Morgan fingerprint density at radius 2 is 1.92 bits per heavy atom. The molecular weight excluding hydrogens is 522 g/mol. The van der Waals surface area contributed by atoms with Crippen molar-refractivity contribution in [3.63, 3.8) is 0 Å². The molecule has 1 fully saturated rings. The minimum absolute atomic E-state index is 0. The third kappa shape index (κ3) is 5.19. The predicted octanol–water partition coefficient (Wildman–Crippen LogP) is 4.95.